The van der Waals surface area contributed by atoms with Crippen LogP contribution >= 0.6 is 0 Å². The summed E-state index contributed by atoms with van der Waals surface area (Å²) in [5.41, 5.74) is 12.2. The molecule has 2 aromatic rings. The third kappa shape index (κ3) is 5.15. The molecule has 0 aliphatic carbocycles. The number of hydrogen-bond donors (Lipinski definition) is 3. The molecule has 1 saturated heterocycles. The first-order chi connectivity index (χ1) is 13.2. The van der Waals surface area contributed by atoms with Gasteiger partial charge in [-0.25, -0.2) is 16.3 Å². The Kier molecular flexibility index (Phi) is 6.57. The molecule has 2 aromatic carbocycles. The van der Waals surface area contributed by atoms with E-state index in [1.54, 1.807) is 6.21 Å². The number of hydrazine groups is 1. The summed E-state index contributed by atoms with van der Waals surface area (Å²) < 4.78 is 5.40. The van der Waals surface area contributed by atoms with E-state index in [-0.39, 0.29) is 18.0 Å². The van der Waals surface area contributed by atoms with Crippen molar-refractivity contribution in [2.75, 3.05) is 6.61 Å². The smallest absolute Gasteiger partial charge is 0.258 e. The summed E-state index contributed by atoms with van der Waals surface area (Å²) in [5.74, 6) is 0.662. The maximum absolute atomic E-state index is 12.3. The minimum atomic E-state index is -0.321. The lowest BCUT2D eigenvalue weighted by Gasteiger charge is -2.10. The van der Waals surface area contributed by atoms with Gasteiger partial charge in [-0.3, -0.25) is 4.79 Å². The van der Waals surface area contributed by atoms with Crippen LogP contribution in [0.4, 0.5) is 0 Å². The maximum atomic E-state index is 12.3. The lowest BCUT2D eigenvalue weighted by molar-refractivity contribution is -0.122. The van der Waals surface area contributed by atoms with Gasteiger partial charge in [0.2, 0.25) is 0 Å². The third-order valence-electron chi connectivity index (χ3n) is 4.59. The van der Waals surface area contributed by atoms with Crippen LogP contribution in [-0.4, -0.2) is 24.8 Å². The van der Waals surface area contributed by atoms with Crippen molar-refractivity contribution < 1.29 is 9.53 Å². The molecular formula is C21H26N4O2. The van der Waals surface area contributed by atoms with Gasteiger partial charge in [-0.2, -0.15) is 5.10 Å². The Morgan fingerprint density at radius 3 is 2.56 bits per heavy atom. The average molecular weight is 366 g/mol. The van der Waals surface area contributed by atoms with Crippen molar-refractivity contribution in [1.29, 1.82) is 0 Å². The average Bonchev–Trinajstić information content (AvgIpc) is 3.20. The van der Waals surface area contributed by atoms with Crippen LogP contribution in [0.2, 0.25) is 0 Å². The van der Waals surface area contributed by atoms with E-state index in [1.165, 1.54) is 11.1 Å². The lowest BCUT2D eigenvalue weighted by Crippen LogP contribution is -2.41. The van der Waals surface area contributed by atoms with Gasteiger partial charge in [0.1, 0.15) is 11.8 Å². The van der Waals surface area contributed by atoms with Crippen LogP contribution in [0.15, 0.2) is 53.6 Å². The number of rotatable bonds is 7. The largest absolute Gasteiger partial charge is 0.494 e. The van der Waals surface area contributed by atoms with Gasteiger partial charge in [-0.15, -0.1) is 0 Å². The zero-order valence-electron chi connectivity index (χ0n) is 15.7. The molecule has 0 spiro atoms. The molecule has 1 fully saturated rings. The lowest BCUT2D eigenvalue weighted by atomic mass is 10.00. The van der Waals surface area contributed by atoms with Gasteiger partial charge in [0.15, 0.2) is 0 Å². The van der Waals surface area contributed by atoms with E-state index in [4.69, 9.17) is 4.74 Å². The minimum absolute atomic E-state index is 0.113. The van der Waals surface area contributed by atoms with Crippen LogP contribution < -0.4 is 21.0 Å². The number of carbonyl (C=O) groups excluding carboxylic acids is 1. The summed E-state index contributed by atoms with van der Waals surface area (Å²) in [6.07, 6.45) is 3.32. The van der Waals surface area contributed by atoms with Gasteiger partial charge in [0.05, 0.1) is 12.8 Å². The highest BCUT2D eigenvalue weighted by molar-refractivity contribution is 5.85. The summed E-state index contributed by atoms with van der Waals surface area (Å²) >= 11 is 0. The highest BCUT2D eigenvalue weighted by Crippen LogP contribution is 2.22. The molecule has 0 aromatic heterocycles. The molecule has 1 aliphatic rings. The fourth-order valence-electron chi connectivity index (χ4n) is 3.00. The van der Waals surface area contributed by atoms with Crippen molar-refractivity contribution in [2.24, 2.45) is 5.10 Å². The maximum Gasteiger partial charge on any atom is 0.258 e. The van der Waals surface area contributed by atoms with Gasteiger partial charge in [0.25, 0.3) is 5.91 Å². The SMILES string of the molecule is CCOc1ccc(/C=N/NC(=O)C2CC(c3ccc(CC)cc3)NN2)cc1. The Morgan fingerprint density at radius 2 is 1.89 bits per heavy atom. The first-order valence-corrected chi connectivity index (χ1v) is 9.35. The van der Waals surface area contributed by atoms with E-state index >= 15 is 0 Å². The minimum Gasteiger partial charge on any atom is -0.494 e. The van der Waals surface area contributed by atoms with E-state index in [2.05, 4.69) is 52.6 Å². The highest BCUT2D eigenvalue weighted by atomic mass is 16.5. The van der Waals surface area contributed by atoms with E-state index < -0.39 is 0 Å². The number of aryl methyl sites for hydroxylation is 1. The molecule has 3 N–H and O–H groups in total. The van der Waals surface area contributed by atoms with Crippen molar-refractivity contribution in [3.05, 3.63) is 65.2 Å². The van der Waals surface area contributed by atoms with E-state index in [1.807, 2.05) is 31.2 Å². The summed E-state index contributed by atoms with van der Waals surface area (Å²) in [5, 5.41) is 4.05. The quantitative estimate of drug-likeness (QED) is 0.520. The molecule has 3 rings (SSSR count). The van der Waals surface area contributed by atoms with Crippen LogP contribution in [-0.2, 0) is 11.2 Å². The molecule has 6 heteroatoms. The fourth-order valence-corrected chi connectivity index (χ4v) is 3.00. The van der Waals surface area contributed by atoms with Gasteiger partial charge in [-0.05, 0) is 60.7 Å². The topological polar surface area (TPSA) is 74.8 Å². The van der Waals surface area contributed by atoms with Crippen LogP contribution in [0.5, 0.6) is 5.75 Å². The molecule has 27 heavy (non-hydrogen) atoms. The number of carbonyl (C=O) groups is 1. The number of nitrogens with one attached hydrogen (secondary N) is 3. The fraction of sp³-hybridized carbons (Fsp3) is 0.333. The number of amides is 1. The number of benzene rings is 2. The van der Waals surface area contributed by atoms with Gasteiger partial charge >= 0.3 is 0 Å². The zero-order chi connectivity index (χ0) is 19.1. The van der Waals surface area contributed by atoms with Gasteiger partial charge in [-0.1, -0.05) is 31.2 Å². The Morgan fingerprint density at radius 1 is 1.15 bits per heavy atom. The van der Waals surface area contributed by atoms with Crippen molar-refractivity contribution in [1.82, 2.24) is 16.3 Å². The molecule has 2 unspecified atom stereocenters. The van der Waals surface area contributed by atoms with Crippen LogP contribution in [0, 0.1) is 0 Å². The van der Waals surface area contributed by atoms with Crippen molar-refractivity contribution in [2.45, 2.75) is 38.8 Å². The molecule has 2 atom stereocenters. The Balaban J connectivity index is 1.49. The van der Waals surface area contributed by atoms with Crippen LogP contribution in [0.3, 0.4) is 0 Å². The van der Waals surface area contributed by atoms with Crippen molar-refractivity contribution >= 4 is 12.1 Å². The number of ether oxygens (including phenoxy) is 1. The molecular weight excluding hydrogens is 340 g/mol. The summed E-state index contributed by atoms with van der Waals surface area (Å²) in [6.45, 7) is 4.72. The van der Waals surface area contributed by atoms with Crippen molar-refractivity contribution in [3.8, 4) is 5.75 Å². The predicted molar refractivity (Wildman–Crippen MR) is 107 cm³/mol. The zero-order valence-corrected chi connectivity index (χ0v) is 15.7. The van der Waals surface area contributed by atoms with Crippen LogP contribution in [0.25, 0.3) is 0 Å². The second kappa shape index (κ2) is 9.30. The number of nitrogens with zero attached hydrogens (tertiary/aromatic N) is 1. The Labute approximate surface area is 160 Å². The van der Waals surface area contributed by atoms with Crippen molar-refractivity contribution in [3.63, 3.8) is 0 Å². The monoisotopic (exact) mass is 366 g/mol. The molecule has 1 heterocycles. The van der Waals surface area contributed by atoms with E-state index in [0.29, 0.717) is 13.0 Å². The first-order valence-electron chi connectivity index (χ1n) is 9.35. The number of hydrogen-bond acceptors (Lipinski definition) is 5. The first kappa shape index (κ1) is 19.1. The molecule has 1 amide bonds. The second-order valence-corrected chi connectivity index (χ2v) is 6.46. The molecule has 0 bridgehead atoms. The Bertz CT molecular complexity index is 772. The third-order valence-corrected chi connectivity index (χ3v) is 4.59. The predicted octanol–water partition coefficient (Wildman–Crippen LogP) is 2.71. The summed E-state index contributed by atoms with van der Waals surface area (Å²) in [7, 11) is 0. The van der Waals surface area contributed by atoms with E-state index in [0.717, 1.165) is 17.7 Å². The molecule has 1 aliphatic heterocycles. The molecule has 0 saturated carbocycles. The van der Waals surface area contributed by atoms with Gasteiger partial charge in [0, 0.05) is 6.04 Å². The Hall–Kier alpha value is -2.70. The summed E-state index contributed by atoms with van der Waals surface area (Å²) in [6, 6.07) is 15.8. The molecule has 142 valence electrons. The second-order valence-electron chi connectivity index (χ2n) is 6.46. The number of hydrazone groups is 1. The molecule has 6 nitrogen and oxygen atoms in total. The standard InChI is InChI=1S/C21H26N4O2/c1-3-15-5-9-17(10-6-15)19-13-20(24-23-19)21(26)25-22-14-16-7-11-18(12-8-16)27-4-2/h5-12,14,19-20,23-24H,3-4,13H2,1-2H3,(H,25,26)/b22-14+. The molecule has 0 radical (unpaired) electrons. The summed E-state index contributed by atoms with van der Waals surface area (Å²) in [4.78, 5) is 12.3. The van der Waals surface area contributed by atoms with E-state index in [9.17, 15) is 4.79 Å². The van der Waals surface area contributed by atoms with Crippen LogP contribution in [0.1, 0.15) is 43.0 Å². The van der Waals surface area contributed by atoms with Gasteiger partial charge < -0.3 is 4.74 Å². The normalized spacial score (nSPS) is 19.3. The highest BCUT2D eigenvalue weighted by Gasteiger charge is 2.29.